The van der Waals surface area contributed by atoms with Crippen LogP contribution in [0.4, 0.5) is 16.3 Å². The highest BCUT2D eigenvalue weighted by Gasteiger charge is 2.56. The number of carbonyl (C=O) groups is 3. The quantitative estimate of drug-likeness (QED) is 0.760. The lowest BCUT2D eigenvalue weighted by molar-refractivity contribution is -0.165. The van der Waals surface area contributed by atoms with Crippen LogP contribution in [0.3, 0.4) is 0 Å². The van der Waals surface area contributed by atoms with E-state index in [-0.39, 0.29) is 12.2 Å². The summed E-state index contributed by atoms with van der Waals surface area (Å²) in [4.78, 5) is 43.6. The average molecular weight is 401 g/mol. The first-order valence-electron chi connectivity index (χ1n) is 8.73. The number of urea groups is 1. The largest absolute Gasteiger partial charge is 0.480 e. The summed E-state index contributed by atoms with van der Waals surface area (Å²) in [5.41, 5.74) is 7.88. The standard InChI is InChI=1S/C19H17ClN4O4/c20-12-2-1-11-4-6-23(14(11)9-12)19(28)24-16(18(26)27)13(17(24)25)7-10-3-5-22-15(21)8-10/h1-3,5,8-9,13,16H,4,6-7H2,(H2,21,22)(H,26,27)/t13?,16-/m0/s1. The van der Waals surface area contributed by atoms with Crippen molar-refractivity contribution < 1.29 is 19.5 Å². The summed E-state index contributed by atoms with van der Waals surface area (Å²) < 4.78 is 0. The van der Waals surface area contributed by atoms with E-state index in [2.05, 4.69) is 4.98 Å². The number of carbonyl (C=O) groups excluding carboxylic acids is 2. The van der Waals surface area contributed by atoms with E-state index < -0.39 is 29.9 Å². The topological polar surface area (TPSA) is 117 Å². The Balaban J connectivity index is 1.57. The number of hydrogen-bond donors (Lipinski definition) is 2. The van der Waals surface area contributed by atoms with Gasteiger partial charge in [-0.3, -0.25) is 9.69 Å². The first-order valence-corrected chi connectivity index (χ1v) is 9.11. The molecular formula is C19H17ClN4O4. The number of anilines is 2. The Morgan fingerprint density at radius 1 is 1.29 bits per heavy atom. The summed E-state index contributed by atoms with van der Waals surface area (Å²) in [6, 6.07) is 6.62. The van der Waals surface area contributed by atoms with E-state index in [4.69, 9.17) is 17.3 Å². The summed E-state index contributed by atoms with van der Waals surface area (Å²) in [5.74, 6) is -2.27. The van der Waals surface area contributed by atoms with Crippen molar-refractivity contribution in [3.8, 4) is 0 Å². The van der Waals surface area contributed by atoms with Crippen LogP contribution in [0.1, 0.15) is 11.1 Å². The molecule has 1 unspecified atom stereocenters. The highest BCUT2D eigenvalue weighted by atomic mass is 35.5. The van der Waals surface area contributed by atoms with Crippen molar-refractivity contribution in [2.24, 2.45) is 5.92 Å². The molecule has 0 radical (unpaired) electrons. The number of rotatable bonds is 3. The number of amides is 3. The summed E-state index contributed by atoms with van der Waals surface area (Å²) >= 11 is 6.03. The third-order valence-electron chi connectivity index (χ3n) is 5.15. The molecule has 1 fully saturated rings. The lowest BCUT2D eigenvalue weighted by atomic mass is 9.82. The van der Waals surface area contributed by atoms with E-state index in [9.17, 15) is 19.5 Å². The fraction of sp³-hybridized carbons (Fsp3) is 0.263. The molecule has 0 bridgehead atoms. The maximum atomic E-state index is 13.0. The number of nitrogens with zero attached hydrogens (tertiary/aromatic N) is 3. The molecule has 1 saturated heterocycles. The Hall–Kier alpha value is -3.13. The van der Waals surface area contributed by atoms with Gasteiger partial charge in [0.05, 0.1) is 11.6 Å². The van der Waals surface area contributed by atoms with Crippen molar-refractivity contribution in [3.05, 3.63) is 52.7 Å². The van der Waals surface area contributed by atoms with Gasteiger partial charge in [-0.05, 0) is 48.2 Å². The number of carboxylic acid groups (broad SMARTS) is 1. The van der Waals surface area contributed by atoms with Crippen LogP contribution in [0.5, 0.6) is 0 Å². The third-order valence-corrected chi connectivity index (χ3v) is 5.38. The van der Waals surface area contributed by atoms with Gasteiger partial charge >= 0.3 is 12.0 Å². The van der Waals surface area contributed by atoms with Crippen LogP contribution in [-0.2, 0) is 22.4 Å². The number of benzene rings is 1. The molecule has 1 aromatic carbocycles. The van der Waals surface area contributed by atoms with E-state index in [0.717, 1.165) is 10.5 Å². The number of aromatic nitrogens is 1. The molecule has 0 spiro atoms. The van der Waals surface area contributed by atoms with Crippen molar-refractivity contribution in [1.29, 1.82) is 0 Å². The zero-order valence-corrected chi connectivity index (χ0v) is 15.5. The van der Waals surface area contributed by atoms with Crippen LogP contribution in [0.15, 0.2) is 36.5 Å². The minimum absolute atomic E-state index is 0.175. The van der Waals surface area contributed by atoms with Gasteiger partial charge in [0.2, 0.25) is 5.91 Å². The van der Waals surface area contributed by atoms with Crippen LogP contribution in [-0.4, -0.2) is 45.5 Å². The lowest BCUT2D eigenvalue weighted by Gasteiger charge is -2.44. The molecule has 2 aliphatic heterocycles. The maximum absolute atomic E-state index is 13.0. The molecule has 8 nitrogen and oxygen atoms in total. The molecule has 28 heavy (non-hydrogen) atoms. The average Bonchev–Trinajstić information content (AvgIpc) is 3.06. The number of hydrogen-bond acceptors (Lipinski definition) is 5. The zero-order valence-electron chi connectivity index (χ0n) is 14.7. The minimum atomic E-state index is -1.22. The molecular weight excluding hydrogens is 384 g/mol. The lowest BCUT2D eigenvalue weighted by Crippen LogP contribution is -2.69. The Kier molecular flexibility index (Phi) is 4.43. The molecule has 1 aromatic heterocycles. The number of likely N-dealkylation sites (tertiary alicyclic amines) is 1. The first kappa shape index (κ1) is 18.2. The van der Waals surface area contributed by atoms with Gasteiger partial charge in [0, 0.05) is 17.8 Å². The van der Waals surface area contributed by atoms with E-state index >= 15 is 0 Å². The van der Waals surface area contributed by atoms with Crippen molar-refractivity contribution in [2.75, 3.05) is 17.2 Å². The normalized spacial score (nSPS) is 20.7. The van der Waals surface area contributed by atoms with E-state index in [1.165, 1.54) is 11.1 Å². The van der Waals surface area contributed by atoms with E-state index in [1.807, 2.05) is 6.07 Å². The molecule has 144 valence electrons. The third kappa shape index (κ3) is 2.95. The van der Waals surface area contributed by atoms with Crippen LogP contribution in [0.25, 0.3) is 0 Å². The Morgan fingerprint density at radius 2 is 2.07 bits per heavy atom. The number of nitrogen functional groups attached to an aromatic ring is 1. The zero-order chi connectivity index (χ0) is 20.0. The van der Waals surface area contributed by atoms with Gasteiger partial charge < -0.3 is 10.8 Å². The first-order chi connectivity index (χ1) is 13.4. The Morgan fingerprint density at radius 3 is 2.79 bits per heavy atom. The van der Waals surface area contributed by atoms with Gasteiger partial charge in [0.15, 0.2) is 6.04 Å². The van der Waals surface area contributed by atoms with Gasteiger partial charge in [0.25, 0.3) is 0 Å². The van der Waals surface area contributed by atoms with Crippen molar-refractivity contribution in [1.82, 2.24) is 9.88 Å². The predicted molar refractivity (Wildman–Crippen MR) is 102 cm³/mol. The van der Waals surface area contributed by atoms with Crippen molar-refractivity contribution in [2.45, 2.75) is 18.9 Å². The maximum Gasteiger partial charge on any atom is 0.332 e. The van der Waals surface area contributed by atoms with Crippen LogP contribution >= 0.6 is 11.6 Å². The molecule has 3 heterocycles. The predicted octanol–water partition coefficient (Wildman–Crippen LogP) is 1.95. The Labute approximate surface area is 165 Å². The Bertz CT molecular complexity index is 996. The van der Waals surface area contributed by atoms with Crippen LogP contribution < -0.4 is 10.6 Å². The molecule has 9 heteroatoms. The summed E-state index contributed by atoms with van der Waals surface area (Å²) in [6.07, 6.45) is 2.30. The number of carboxylic acids is 1. The van der Waals surface area contributed by atoms with Gasteiger partial charge in [-0.1, -0.05) is 17.7 Å². The van der Waals surface area contributed by atoms with Gasteiger partial charge in [-0.15, -0.1) is 0 Å². The fourth-order valence-electron chi connectivity index (χ4n) is 3.80. The second kappa shape index (κ2) is 6.79. The minimum Gasteiger partial charge on any atom is -0.480 e. The van der Waals surface area contributed by atoms with Gasteiger partial charge in [0.1, 0.15) is 5.82 Å². The second-order valence-corrected chi connectivity index (χ2v) is 7.28. The number of pyridine rings is 1. The highest BCUT2D eigenvalue weighted by molar-refractivity contribution is 6.31. The summed E-state index contributed by atoms with van der Waals surface area (Å²) in [5, 5.41) is 10.1. The van der Waals surface area contributed by atoms with Crippen molar-refractivity contribution >= 4 is 41.0 Å². The van der Waals surface area contributed by atoms with E-state index in [1.54, 1.807) is 24.3 Å². The SMILES string of the molecule is Nc1cc(CC2C(=O)N(C(=O)N3CCc4ccc(Cl)cc43)[C@@H]2C(=O)O)ccn1. The summed E-state index contributed by atoms with van der Waals surface area (Å²) in [7, 11) is 0. The number of nitrogens with two attached hydrogens (primary N) is 1. The van der Waals surface area contributed by atoms with Crippen molar-refractivity contribution in [3.63, 3.8) is 0 Å². The number of halogens is 1. The van der Waals surface area contributed by atoms with Crippen LogP contribution in [0.2, 0.25) is 5.02 Å². The monoisotopic (exact) mass is 400 g/mol. The molecule has 4 rings (SSSR count). The molecule has 2 atom stereocenters. The number of fused-ring (bicyclic) bond motifs is 1. The summed E-state index contributed by atoms with van der Waals surface area (Å²) in [6.45, 7) is 0.371. The molecule has 2 aromatic rings. The second-order valence-electron chi connectivity index (χ2n) is 6.85. The number of imide groups is 1. The van der Waals surface area contributed by atoms with Gasteiger partial charge in [-0.25, -0.2) is 19.5 Å². The van der Waals surface area contributed by atoms with Gasteiger partial charge in [-0.2, -0.15) is 0 Å². The number of aliphatic carboxylic acids is 1. The molecule has 0 saturated carbocycles. The fourth-order valence-corrected chi connectivity index (χ4v) is 3.97. The smallest absolute Gasteiger partial charge is 0.332 e. The molecule has 2 aliphatic rings. The molecule has 3 amide bonds. The molecule has 0 aliphatic carbocycles. The highest BCUT2D eigenvalue weighted by Crippen LogP contribution is 2.36. The van der Waals surface area contributed by atoms with Crippen LogP contribution in [0, 0.1) is 5.92 Å². The number of β-lactam (4-membered cyclic amide) rings is 1. The van der Waals surface area contributed by atoms with E-state index in [0.29, 0.717) is 29.2 Å². The molecule has 3 N–H and O–H groups in total.